The average molecular weight is 263 g/mol. The molecule has 1 atom stereocenters. The van der Waals surface area contributed by atoms with Gasteiger partial charge in [0.05, 0.1) is 0 Å². The lowest BCUT2D eigenvalue weighted by Crippen LogP contribution is -2.39. The fourth-order valence-corrected chi connectivity index (χ4v) is 1.24. The largest absolute Gasteiger partial charge is 0.453 e. The quantitative estimate of drug-likeness (QED) is 0.868. The van der Waals surface area contributed by atoms with Crippen molar-refractivity contribution >= 4 is 18.3 Å². The highest BCUT2D eigenvalue weighted by Crippen LogP contribution is 2.12. The number of ether oxygens (including phenoxy) is 1. The summed E-state index contributed by atoms with van der Waals surface area (Å²) in [4.78, 5) is 13.5. The highest BCUT2D eigenvalue weighted by atomic mass is 35.5. The maximum Gasteiger partial charge on any atom is 0.289 e. The number of rotatable bonds is 5. The third kappa shape index (κ3) is 4.03. The summed E-state index contributed by atoms with van der Waals surface area (Å²) in [6, 6.07) is 3.37. The van der Waals surface area contributed by atoms with Crippen molar-refractivity contribution in [3.05, 3.63) is 23.7 Å². The molecule has 1 rings (SSSR count). The molecule has 0 aliphatic carbocycles. The first-order chi connectivity index (χ1) is 7.60. The second-order valence-corrected chi connectivity index (χ2v) is 3.70. The lowest BCUT2D eigenvalue weighted by Gasteiger charge is -2.22. The van der Waals surface area contributed by atoms with Crippen LogP contribution >= 0.6 is 12.4 Å². The van der Waals surface area contributed by atoms with Crippen LogP contribution in [-0.2, 0) is 11.3 Å². The van der Waals surface area contributed by atoms with Gasteiger partial charge in [0.25, 0.3) is 5.91 Å². The van der Waals surface area contributed by atoms with Crippen molar-refractivity contribution in [2.24, 2.45) is 5.73 Å². The SMILES string of the molecule is COCc1ccc(C(=O)N(C)C(C)CN)o1.Cl. The Kier molecular flexibility index (Phi) is 6.87. The Bertz CT molecular complexity index is 354. The smallest absolute Gasteiger partial charge is 0.289 e. The van der Waals surface area contributed by atoms with Crippen molar-refractivity contribution < 1.29 is 13.9 Å². The van der Waals surface area contributed by atoms with E-state index in [1.807, 2.05) is 6.92 Å². The van der Waals surface area contributed by atoms with Gasteiger partial charge in [-0.1, -0.05) is 0 Å². The Hall–Kier alpha value is -1.04. The van der Waals surface area contributed by atoms with Crippen LogP contribution in [0.5, 0.6) is 0 Å². The summed E-state index contributed by atoms with van der Waals surface area (Å²) in [5.41, 5.74) is 5.50. The molecule has 0 saturated heterocycles. The van der Waals surface area contributed by atoms with Crippen LogP contribution in [0.4, 0.5) is 0 Å². The molecule has 0 aliphatic heterocycles. The van der Waals surface area contributed by atoms with Gasteiger partial charge in [0.1, 0.15) is 12.4 Å². The topological polar surface area (TPSA) is 68.7 Å². The van der Waals surface area contributed by atoms with Gasteiger partial charge in [0, 0.05) is 26.7 Å². The minimum Gasteiger partial charge on any atom is -0.453 e. The molecule has 0 bridgehead atoms. The molecule has 6 heteroatoms. The van der Waals surface area contributed by atoms with E-state index < -0.39 is 0 Å². The summed E-state index contributed by atoms with van der Waals surface area (Å²) >= 11 is 0. The van der Waals surface area contributed by atoms with Crippen molar-refractivity contribution in [2.75, 3.05) is 20.7 Å². The van der Waals surface area contributed by atoms with Crippen LogP contribution in [0.1, 0.15) is 23.2 Å². The maximum atomic E-state index is 11.9. The summed E-state index contributed by atoms with van der Waals surface area (Å²) in [5.74, 6) is 0.787. The monoisotopic (exact) mass is 262 g/mol. The molecule has 1 aromatic rings. The summed E-state index contributed by atoms with van der Waals surface area (Å²) in [6.07, 6.45) is 0. The van der Waals surface area contributed by atoms with Crippen LogP contribution < -0.4 is 5.73 Å². The molecule has 0 radical (unpaired) electrons. The van der Waals surface area contributed by atoms with Gasteiger partial charge in [-0.15, -0.1) is 12.4 Å². The van der Waals surface area contributed by atoms with Crippen LogP contribution in [0.25, 0.3) is 0 Å². The number of likely N-dealkylation sites (N-methyl/N-ethyl adjacent to an activating group) is 1. The molecule has 0 aromatic carbocycles. The second-order valence-electron chi connectivity index (χ2n) is 3.70. The van der Waals surface area contributed by atoms with Crippen molar-refractivity contribution in [1.82, 2.24) is 4.90 Å². The van der Waals surface area contributed by atoms with E-state index in [1.54, 1.807) is 31.2 Å². The predicted octanol–water partition coefficient (Wildman–Crippen LogP) is 1.27. The first kappa shape index (κ1) is 16.0. The molecule has 2 N–H and O–H groups in total. The van der Waals surface area contributed by atoms with E-state index in [0.717, 1.165) is 0 Å². The van der Waals surface area contributed by atoms with Crippen LogP contribution in [0.3, 0.4) is 0 Å². The molecule has 1 amide bonds. The van der Waals surface area contributed by atoms with Gasteiger partial charge in [0.2, 0.25) is 0 Å². The van der Waals surface area contributed by atoms with Crippen molar-refractivity contribution in [3.8, 4) is 0 Å². The van der Waals surface area contributed by atoms with E-state index in [-0.39, 0.29) is 24.4 Å². The lowest BCUT2D eigenvalue weighted by atomic mass is 10.3. The Labute approximate surface area is 107 Å². The zero-order valence-corrected chi connectivity index (χ0v) is 11.1. The van der Waals surface area contributed by atoms with E-state index in [2.05, 4.69) is 0 Å². The zero-order valence-electron chi connectivity index (χ0n) is 10.3. The van der Waals surface area contributed by atoms with Gasteiger partial charge in [-0.25, -0.2) is 0 Å². The molecule has 17 heavy (non-hydrogen) atoms. The number of halogens is 1. The predicted molar refractivity (Wildman–Crippen MR) is 67.3 cm³/mol. The number of nitrogens with zero attached hydrogens (tertiary/aromatic N) is 1. The van der Waals surface area contributed by atoms with E-state index in [9.17, 15) is 4.79 Å². The van der Waals surface area contributed by atoms with E-state index in [1.165, 1.54) is 0 Å². The van der Waals surface area contributed by atoms with Gasteiger partial charge in [-0.3, -0.25) is 4.79 Å². The Balaban J connectivity index is 0.00000256. The standard InChI is InChI=1S/C11H18N2O3.ClH/c1-8(6-12)13(2)11(14)10-5-4-9(16-10)7-15-3;/h4-5,8H,6-7,12H2,1-3H3;1H. The summed E-state index contributed by atoms with van der Waals surface area (Å²) < 4.78 is 10.3. The number of nitrogens with two attached hydrogens (primary N) is 1. The van der Waals surface area contributed by atoms with Crippen molar-refractivity contribution in [3.63, 3.8) is 0 Å². The fraction of sp³-hybridized carbons (Fsp3) is 0.545. The van der Waals surface area contributed by atoms with Crippen LogP contribution in [-0.4, -0.2) is 37.6 Å². The molecule has 0 fully saturated rings. The molecule has 5 nitrogen and oxygen atoms in total. The lowest BCUT2D eigenvalue weighted by molar-refractivity contribution is 0.0708. The molecule has 1 unspecified atom stereocenters. The van der Waals surface area contributed by atoms with Crippen LogP contribution in [0, 0.1) is 0 Å². The summed E-state index contributed by atoms with van der Waals surface area (Å²) in [5, 5.41) is 0. The molecule has 0 aliphatic rings. The minimum atomic E-state index is -0.166. The highest BCUT2D eigenvalue weighted by molar-refractivity contribution is 5.91. The minimum absolute atomic E-state index is 0. The maximum absolute atomic E-state index is 11.9. The molecular formula is C11H19ClN2O3. The molecule has 98 valence electrons. The van der Waals surface area contributed by atoms with Gasteiger partial charge in [-0.2, -0.15) is 0 Å². The molecular weight excluding hydrogens is 244 g/mol. The fourth-order valence-electron chi connectivity index (χ4n) is 1.24. The number of methoxy groups -OCH3 is 1. The Morgan fingerprint density at radius 2 is 2.24 bits per heavy atom. The van der Waals surface area contributed by atoms with E-state index >= 15 is 0 Å². The third-order valence-corrected chi connectivity index (χ3v) is 2.48. The molecule has 0 saturated carbocycles. The molecule has 1 heterocycles. The number of hydrogen-bond acceptors (Lipinski definition) is 4. The van der Waals surface area contributed by atoms with Gasteiger partial charge >= 0.3 is 0 Å². The third-order valence-electron chi connectivity index (χ3n) is 2.48. The number of amides is 1. The van der Waals surface area contributed by atoms with Gasteiger partial charge in [0.15, 0.2) is 5.76 Å². The van der Waals surface area contributed by atoms with Crippen LogP contribution in [0.2, 0.25) is 0 Å². The normalized spacial score (nSPS) is 11.8. The first-order valence-corrected chi connectivity index (χ1v) is 5.15. The number of carbonyl (C=O) groups is 1. The van der Waals surface area contributed by atoms with E-state index in [4.69, 9.17) is 14.9 Å². The van der Waals surface area contributed by atoms with Crippen molar-refractivity contribution in [2.45, 2.75) is 19.6 Å². The zero-order chi connectivity index (χ0) is 12.1. The summed E-state index contributed by atoms with van der Waals surface area (Å²) in [6.45, 7) is 2.67. The van der Waals surface area contributed by atoms with E-state index in [0.29, 0.717) is 24.7 Å². The Morgan fingerprint density at radius 3 is 2.76 bits per heavy atom. The summed E-state index contributed by atoms with van der Waals surface area (Å²) in [7, 11) is 3.28. The number of carbonyl (C=O) groups excluding carboxylic acids is 1. The molecule has 0 spiro atoms. The Morgan fingerprint density at radius 1 is 1.59 bits per heavy atom. The van der Waals surface area contributed by atoms with Gasteiger partial charge in [-0.05, 0) is 19.1 Å². The van der Waals surface area contributed by atoms with Crippen molar-refractivity contribution in [1.29, 1.82) is 0 Å². The van der Waals surface area contributed by atoms with Gasteiger partial charge < -0.3 is 19.8 Å². The second kappa shape index (κ2) is 7.32. The highest BCUT2D eigenvalue weighted by Gasteiger charge is 2.19. The van der Waals surface area contributed by atoms with Crippen LogP contribution in [0.15, 0.2) is 16.5 Å². The number of hydrogen-bond donors (Lipinski definition) is 1. The first-order valence-electron chi connectivity index (χ1n) is 5.15. The average Bonchev–Trinajstić information content (AvgIpc) is 2.75. The molecule has 1 aromatic heterocycles. The number of furan rings is 1.